The van der Waals surface area contributed by atoms with E-state index < -0.39 is 132 Å². The molecule has 0 spiro atoms. The summed E-state index contributed by atoms with van der Waals surface area (Å²) in [4.78, 5) is 164. The van der Waals surface area contributed by atoms with Crippen molar-refractivity contribution in [2.24, 2.45) is 5.73 Å². The van der Waals surface area contributed by atoms with Crippen molar-refractivity contribution >= 4 is 75.9 Å². The molecule has 27 nitrogen and oxygen atoms in total. The fraction of sp³-hybridized carbons (Fsp3) is 0.456. The van der Waals surface area contributed by atoms with Gasteiger partial charge in [-0.25, -0.2) is 0 Å². The molecule has 2 saturated heterocycles. The summed E-state index contributed by atoms with van der Waals surface area (Å²) in [6.07, 6.45) is -1.07. The second-order valence-corrected chi connectivity index (χ2v) is 25.0. The third-order valence-corrected chi connectivity index (χ3v) is 17.9. The molecular formula is C68H85N13O14. The number of amides is 11. The molecule has 1 unspecified atom stereocenters. The molecule has 0 radical (unpaired) electrons. The number of aryl methyl sites for hydroxylation is 1. The normalized spacial score (nSPS) is 25.9. The number of hydrogen-bond acceptors (Lipinski definition) is 15. The van der Waals surface area contributed by atoms with Crippen molar-refractivity contribution in [1.29, 1.82) is 0 Å². The number of aromatic nitrogens is 1. The first-order chi connectivity index (χ1) is 45.5. The molecule has 6 heterocycles. The van der Waals surface area contributed by atoms with Gasteiger partial charge in [0, 0.05) is 88.5 Å². The minimum Gasteiger partial charge on any atom is -0.497 e. The van der Waals surface area contributed by atoms with Crippen LogP contribution in [0, 0.1) is 6.92 Å². The fourth-order valence-corrected chi connectivity index (χ4v) is 12.5. The highest BCUT2D eigenvalue weighted by molar-refractivity contribution is 6.00. The lowest BCUT2D eigenvalue weighted by atomic mass is 9.95. The maximum Gasteiger partial charge on any atom is 0.246 e. The Bertz CT molecular complexity index is 3670. The Morgan fingerprint density at radius 3 is 2.11 bits per heavy atom. The number of H-pyrrole nitrogens is 1. The third kappa shape index (κ3) is 17.6. The smallest absolute Gasteiger partial charge is 0.246 e. The molecule has 2 fully saturated rings. The van der Waals surface area contributed by atoms with Gasteiger partial charge < -0.3 is 82.9 Å². The molecular weight excluding hydrogens is 1220 g/mol. The Hall–Kier alpha value is -9.73. The van der Waals surface area contributed by atoms with Gasteiger partial charge in [-0.2, -0.15) is 0 Å². The Kier molecular flexibility index (Phi) is 23.1. The number of nitrogens with zero attached hydrogens (tertiary/aromatic N) is 2. The topological polar surface area (TPSA) is 383 Å². The Balaban J connectivity index is 1.07. The van der Waals surface area contributed by atoms with Gasteiger partial charge in [-0.15, -0.1) is 0 Å². The number of aliphatic hydroxyl groups excluding tert-OH is 1. The Labute approximate surface area is 549 Å². The van der Waals surface area contributed by atoms with Crippen LogP contribution in [0.3, 0.4) is 0 Å². The first-order valence-electron chi connectivity index (χ1n) is 32.1. The van der Waals surface area contributed by atoms with E-state index in [0.29, 0.717) is 46.4 Å². The molecule has 8 bridgehead atoms. The summed E-state index contributed by atoms with van der Waals surface area (Å²) in [6, 6.07) is 16.1. The standard InChI is InChI=1S/C68H85N13O14/c1-38-10-19-49-48(28-38)46(36-71-49)32-52-65(91)80-27-23-54-59(80)64(90)79-58(40(3)82)63(89)78-51(30-42-15-17-47(94-5)18-16-42)66(92)81-26-7-24-68(81,4)67(93)70-25-22-41-11-13-43(14-12-41)34-72-55(83)20-21-56(84)75-53(33-69)62(88)74-39(2)60(86)76-50(61(87)77-52)31-44-8-6-9-45(29-44)35-73-57(85)37-95-54/h6,8-19,28-29,36,39-40,50-54,58-59,71,82H,7,20-27,30-35,37,69H2,1-5H3,(H,70,93)(H,72,83)(H,73,85)(H,74,88)(H,75,84)(H,76,86)(H,77,87)(H,78,89)(H,79,90)/t39-,40-,50+,51+,52+,53?,54+,58+,59+,68+/m1/s1. The number of aliphatic hydroxyl groups is 1. The van der Waals surface area contributed by atoms with Crippen LogP contribution in [-0.2, 0) is 96.2 Å². The molecule has 0 aliphatic carbocycles. The van der Waals surface area contributed by atoms with E-state index in [4.69, 9.17) is 15.2 Å². The molecule has 506 valence electrons. The van der Waals surface area contributed by atoms with Gasteiger partial charge >= 0.3 is 0 Å². The largest absolute Gasteiger partial charge is 0.497 e. The van der Waals surface area contributed by atoms with Gasteiger partial charge in [0.1, 0.15) is 60.2 Å². The van der Waals surface area contributed by atoms with Gasteiger partial charge in [-0.1, -0.05) is 72.3 Å². The fourth-order valence-electron chi connectivity index (χ4n) is 12.5. The molecule has 0 saturated carbocycles. The zero-order valence-corrected chi connectivity index (χ0v) is 54.0. The molecule has 5 aliphatic rings. The van der Waals surface area contributed by atoms with Crippen molar-refractivity contribution in [3.8, 4) is 5.75 Å². The number of methoxy groups -OCH3 is 1. The average molecular weight is 1310 g/mol. The van der Waals surface area contributed by atoms with Crippen LogP contribution in [0.4, 0.5) is 0 Å². The Morgan fingerprint density at radius 2 is 1.37 bits per heavy atom. The van der Waals surface area contributed by atoms with Crippen molar-refractivity contribution in [2.75, 3.05) is 39.9 Å². The molecule has 10 atom stereocenters. The van der Waals surface area contributed by atoms with E-state index in [1.54, 1.807) is 61.7 Å². The van der Waals surface area contributed by atoms with Crippen molar-refractivity contribution in [3.63, 3.8) is 0 Å². The van der Waals surface area contributed by atoms with Gasteiger partial charge in [0.25, 0.3) is 0 Å². The number of carbonyl (C=O) groups excluding carboxylic acids is 11. The lowest BCUT2D eigenvalue weighted by molar-refractivity contribution is -0.148. The average Bonchev–Trinajstić information content (AvgIpc) is 1.71. The number of ether oxygens (including phenoxy) is 2. The van der Waals surface area contributed by atoms with Crippen LogP contribution in [0.15, 0.2) is 97.2 Å². The summed E-state index contributed by atoms with van der Waals surface area (Å²) in [5, 5.41) is 36.9. The highest BCUT2D eigenvalue weighted by Gasteiger charge is 2.49. The predicted molar refractivity (Wildman–Crippen MR) is 347 cm³/mol. The summed E-state index contributed by atoms with van der Waals surface area (Å²) in [5.74, 6) is -7.56. The van der Waals surface area contributed by atoms with E-state index in [1.807, 2.05) is 49.4 Å². The van der Waals surface area contributed by atoms with Crippen LogP contribution in [0.1, 0.15) is 91.8 Å². The lowest BCUT2D eigenvalue weighted by Gasteiger charge is -2.37. The Morgan fingerprint density at radius 1 is 0.674 bits per heavy atom. The molecule has 27 heteroatoms. The van der Waals surface area contributed by atoms with E-state index >= 15 is 19.2 Å². The molecule has 5 aliphatic heterocycles. The molecule has 10 rings (SSSR count). The number of hydrogen-bond donors (Lipinski definition) is 12. The number of nitrogens with one attached hydrogen (secondary N) is 10. The number of carbonyl (C=O) groups is 11. The molecule has 11 amide bonds. The number of rotatable bonds is 7. The van der Waals surface area contributed by atoms with E-state index in [1.165, 1.54) is 30.8 Å². The summed E-state index contributed by atoms with van der Waals surface area (Å²) < 4.78 is 11.6. The SMILES string of the molecule is COc1ccc(C[C@@H]2NC(=O)[C@H]([C@@H](C)O)NC(=O)[C@@H]3[C@@H]4CCN3C(=O)[C@H](Cc3c[nH]c5ccc(C)cc35)NC(=O)[C@H](Cc3cccc(c3)CNC(=O)CO4)NC(=O)[C@@H](C)NC(=O)C(CN)NC(=O)CCC(=O)NCc3ccc(cc3)CCNC(=O)[C@]3(C)CCCN3C2=O)cc1. The zero-order chi connectivity index (χ0) is 68.1. The van der Waals surface area contributed by atoms with E-state index in [-0.39, 0.29) is 84.2 Å². The van der Waals surface area contributed by atoms with Crippen LogP contribution in [0.25, 0.3) is 10.9 Å². The lowest BCUT2D eigenvalue weighted by Crippen LogP contribution is -2.64. The van der Waals surface area contributed by atoms with Crippen molar-refractivity contribution < 1.29 is 67.3 Å². The summed E-state index contributed by atoms with van der Waals surface area (Å²) >= 11 is 0. The highest BCUT2D eigenvalue weighted by atomic mass is 16.5. The molecule has 95 heavy (non-hydrogen) atoms. The minimum absolute atomic E-state index is 0.0219. The predicted octanol–water partition coefficient (Wildman–Crippen LogP) is -0.453. The van der Waals surface area contributed by atoms with E-state index in [2.05, 4.69) is 52.8 Å². The van der Waals surface area contributed by atoms with Gasteiger partial charge in [0.2, 0.25) is 65.0 Å². The van der Waals surface area contributed by atoms with Crippen LogP contribution < -0.4 is 58.3 Å². The summed E-state index contributed by atoms with van der Waals surface area (Å²) in [5.41, 5.74) is 10.1. The maximum atomic E-state index is 15.7. The number of fused-ring (bicyclic) bond motifs is 26. The van der Waals surface area contributed by atoms with E-state index in [9.17, 15) is 38.7 Å². The van der Waals surface area contributed by atoms with Crippen molar-refractivity contribution in [2.45, 2.75) is 159 Å². The second kappa shape index (κ2) is 31.5. The maximum absolute atomic E-state index is 15.7. The van der Waals surface area contributed by atoms with Gasteiger partial charge in [0.15, 0.2) is 0 Å². The van der Waals surface area contributed by atoms with E-state index in [0.717, 1.165) is 22.1 Å². The molecule has 1 aromatic heterocycles. The van der Waals surface area contributed by atoms with Gasteiger partial charge in [-0.3, -0.25) is 52.7 Å². The van der Waals surface area contributed by atoms with Crippen LogP contribution in [0.5, 0.6) is 5.75 Å². The van der Waals surface area contributed by atoms with Crippen LogP contribution >= 0.6 is 0 Å². The minimum atomic E-state index is -1.80. The summed E-state index contributed by atoms with van der Waals surface area (Å²) in [6.45, 7) is 5.47. The second-order valence-electron chi connectivity index (χ2n) is 25.0. The van der Waals surface area contributed by atoms with Crippen molar-refractivity contribution in [1.82, 2.24) is 62.6 Å². The van der Waals surface area contributed by atoms with Gasteiger partial charge in [-0.05, 0) is 111 Å². The monoisotopic (exact) mass is 1310 g/mol. The summed E-state index contributed by atoms with van der Waals surface area (Å²) in [7, 11) is 1.50. The molecule has 5 aromatic rings. The number of benzene rings is 4. The molecule has 13 N–H and O–H groups in total. The molecule has 4 aromatic carbocycles. The van der Waals surface area contributed by atoms with Gasteiger partial charge in [0.05, 0.1) is 19.3 Å². The number of aromatic amines is 1. The van der Waals surface area contributed by atoms with Crippen LogP contribution in [0.2, 0.25) is 0 Å². The van der Waals surface area contributed by atoms with Crippen molar-refractivity contribution in [3.05, 3.63) is 136 Å². The third-order valence-electron chi connectivity index (χ3n) is 17.9. The van der Waals surface area contributed by atoms with Crippen LogP contribution in [-0.4, -0.2) is 185 Å². The first kappa shape index (κ1) is 69.6. The number of nitrogens with two attached hydrogens (primary N) is 1. The zero-order valence-electron chi connectivity index (χ0n) is 54.0. The quantitative estimate of drug-likeness (QED) is 0.0919. The highest BCUT2D eigenvalue weighted by Crippen LogP contribution is 2.32. The first-order valence-corrected chi connectivity index (χ1v) is 32.1.